The van der Waals surface area contributed by atoms with Gasteiger partial charge in [-0.3, -0.25) is 4.79 Å². The predicted octanol–water partition coefficient (Wildman–Crippen LogP) is 0.997. The Morgan fingerprint density at radius 2 is 2.00 bits per heavy atom. The molecule has 0 radical (unpaired) electrons. The lowest BCUT2D eigenvalue weighted by Gasteiger charge is -2.45. The van der Waals surface area contributed by atoms with Crippen molar-refractivity contribution in [3.05, 3.63) is 18.0 Å². The summed E-state index contributed by atoms with van der Waals surface area (Å²) in [5, 5.41) is 3.11. The molecule has 2 unspecified atom stereocenters. The maximum absolute atomic E-state index is 12.6. The molecule has 0 aliphatic heterocycles. The average Bonchev–Trinajstić information content (AvgIpc) is 3.07. The van der Waals surface area contributed by atoms with Crippen molar-refractivity contribution in [3.8, 4) is 0 Å². The van der Waals surface area contributed by atoms with Crippen LogP contribution in [0, 0.1) is 11.8 Å². The number of nitrogens with two attached hydrogens (primary N) is 1. The molecule has 2 atom stereocenters. The third kappa shape index (κ3) is 5.23. The fraction of sp³-hybridized carbons (Fsp3) is 0.706. The minimum atomic E-state index is -3.66. The van der Waals surface area contributed by atoms with E-state index in [1.807, 2.05) is 0 Å². The lowest BCUT2D eigenvalue weighted by atomic mass is 9.67. The predicted molar refractivity (Wildman–Crippen MR) is 104 cm³/mol. The highest BCUT2D eigenvalue weighted by molar-refractivity contribution is 7.89. The number of methoxy groups -OCH3 is 1. The van der Waals surface area contributed by atoms with E-state index >= 15 is 0 Å². The summed E-state index contributed by atoms with van der Waals surface area (Å²) in [7, 11) is -2.16. The second kappa shape index (κ2) is 9.38. The van der Waals surface area contributed by atoms with Gasteiger partial charge in [0.25, 0.3) is 5.91 Å². The van der Waals surface area contributed by atoms with Crippen molar-refractivity contribution in [1.82, 2.24) is 15.0 Å². The number of hydrogen-bond acceptors (Lipinski definition) is 5. The Balaban J connectivity index is 0.00000261. The van der Waals surface area contributed by atoms with E-state index in [1.54, 1.807) is 0 Å². The van der Waals surface area contributed by atoms with Gasteiger partial charge in [0.15, 0.2) is 0 Å². The molecule has 1 aromatic heterocycles. The van der Waals surface area contributed by atoms with Crippen molar-refractivity contribution in [3.63, 3.8) is 0 Å². The largest absolute Gasteiger partial charge is 0.383 e. The normalized spacial score (nSPS) is 27.6. The monoisotopic (exact) mass is 420 g/mol. The van der Waals surface area contributed by atoms with Gasteiger partial charge in [-0.25, -0.2) is 13.1 Å². The van der Waals surface area contributed by atoms with Crippen LogP contribution in [0.5, 0.6) is 0 Å². The Hall–Kier alpha value is -1.13. The van der Waals surface area contributed by atoms with Gasteiger partial charge in [-0.1, -0.05) is 6.42 Å². The van der Waals surface area contributed by atoms with E-state index < -0.39 is 10.0 Å². The van der Waals surface area contributed by atoms with Gasteiger partial charge in [0.1, 0.15) is 10.6 Å². The highest BCUT2D eigenvalue weighted by atomic mass is 35.5. The second-order valence-corrected chi connectivity index (χ2v) is 9.09. The molecule has 0 spiro atoms. The van der Waals surface area contributed by atoms with Crippen molar-refractivity contribution in [2.24, 2.45) is 17.6 Å². The van der Waals surface area contributed by atoms with Crippen LogP contribution in [-0.2, 0) is 14.8 Å². The Bertz CT molecular complexity index is 725. The number of fused-ring (bicyclic) bond motifs is 2. The number of sulfonamides is 1. The van der Waals surface area contributed by atoms with E-state index in [1.165, 1.54) is 25.8 Å². The molecule has 8 nitrogen and oxygen atoms in total. The zero-order valence-corrected chi connectivity index (χ0v) is 17.1. The van der Waals surface area contributed by atoms with Crippen molar-refractivity contribution in [2.75, 3.05) is 20.3 Å². The number of nitrogens with one attached hydrogen (secondary N) is 3. The molecule has 0 saturated heterocycles. The third-order valence-corrected chi connectivity index (χ3v) is 6.92. The molecule has 154 valence electrons. The van der Waals surface area contributed by atoms with E-state index in [2.05, 4.69) is 15.0 Å². The molecule has 2 bridgehead atoms. The molecule has 2 aliphatic rings. The maximum Gasteiger partial charge on any atom is 0.267 e. The van der Waals surface area contributed by atoms with Gasteiger partial charge in [-0.15, -0.1) is 12.4 Å². The first-order valence-corrected chi connectivity index (χ1v) is 10.6. The fourth-order valence-electron chi connectivity index (χ4n) is 4.28. The highest BCUT2D eigenvalue weighted by Crippen LogP contribution is 2.39. The summed E-state index contributed by atoms with van der Waals surface area (Å²) >= 11 is 0. The van der Waals surface area contributed by atoms with Gasteiger partial charge in [0, 0.05) is 31.9 Å². The van der Waals surface area contributed by atoms with Gasteiger partial charge in [0.2, 0.25) is 10.0 Å². The quantitative estimate of drug-likeness (QED) is 0.489. The molecule has 2 fully saturated rings. The van der Waals surface area contributed by atoms with Crippen LogP contribution in [-0.4, -0.2) is 51.7 Å². The van der Waals surface area contributed by atoms with Crippen LogP contribution in [0.15, 0.2) is 17.2 Å². The number of aromatic amines is 1. The number of H-pyrrole nitrogens is 1. The van der Waals surface area contributed by atoms with Gasteiger partial charge < -0.3 is 20.8 Å². The Morgan fingerprint density at radius 1 is 1.33 bits per heavy atom. The summed E-state index contributed by atoms with van der Waals surface area (Å²) in [5.41, 5.74) is 6.38. The van der Waals surface area contributed by atoms with E-state index in [0.717, 1.165) is 25.7 Å². The summed E-state index contributed by atoms with van der Waals surface area (Å²) in [6.45, 7) is 0.459. The number of carbonyl (C=O) groups is 1. The van der Waals surface area contributed by atoms with Gasteiger partial charge >= 0.3 is 0 Å². The third-order valence-electron chi connectivity index (χ3n) is 5.48. The number of carbonyl (C=O) groups excluding carboxylic acids is 1. The van der Waals surface area contributed by atoms with Gasteiger partial charge in [0.05, 0.1) is 6.61 Å². The topological polar surface area (TPSA) is 126 Å². The van der Waals surface area contributed by atoms with Gasteiger partial charge in [-0.2, -0.15) is 0 Å². The van der Waals surface area contributed by atoms with Crippen molar-refractivity contribution in [1.29, 1.82) is 0 Å². The molecular formula is C17H29ClN4O4S. The lowest BCUT2D eigenvalue weighted by Crippen LogP contribution is -2.53. The molecular weight excluding hydrogens is 392 g/mol. The molecule has 0 aromatic carbocycles. The summed E-state index contributed by atoms with van der Waals surface area (Å²) in [6.07, 6.45) is 6.57. The molecule has 3 rings (SSSR count). The summed E-state index contributed by atoms with van der Waals surface area (Å²) in [6, 6.07) is 1.72. The number of amides is 1. The molecule has 1 amide bonds. The number of hydrogen-bond donors (Lipinski definition) is 4. The standard InChI is InChI=1S/C17H28N4O4S.ClH/c1-25-6-5-20-26(23,24)14-9-15(19-10-14)17(22)21-16-11-3-2-4-12(16)8-13(18)7-11;/h9-13,16,19-20H,2-8,18H2,1H3,(H,21,22);1H. The maximum atomic E-state index is 12.6. The molecule has 10 heteroatoms. The van der Waals surface area contributed by atoms with Crippen LogP contribution < -0.4 is 15.8 Å². The second-order valence-electron chi connectivity index (χ2n) is 7.32. The van der Waals surface area contributed by atoms with E-state index in [9.17, 15) is 13.2 Å². The Labute approximate surface area is 166 Å². The first-order chi connectivity index (χ1) is 12.4. The Morgan fingerprint density at radius 3 is 2.63 bits per heavy atom. The minimum Gasteiger partial charge on any atom is -0.383 e. The Kier molecular flexibility index (Phi) is 7.70. The van der Waals surface area contributed by atoms with E-state index in [-0.39, 0.29) is 54.1 Å². The molecule has 27 heavy (non-hydrogen) atoms. The SMILES string of the molecule is COCCNS(=O)(=O)c1c[nH]c(C(=O)NC2C3CCCC2CC(N)C3)c1.Cl. The van der Waals surface area contributed by atoms with E-state index in [0.29, 0.717) is 11.8 Å². The highest BCUT2D eigenvalue weighted by Gasteiger charge is 2.40. The molecule has 2 aliphatic carbocycles. The number of halogens is 1. The zero-order valence-electron chi connectivity index (χ0n) is 15.4. The number of aromatic nitrogens is 1. The van der Waals surface area contributed by atoms with Crippen LogP contribution in [0.2, 0.25) is 0 Å². The van der Waals surface area contributed by atoms with Crippen LogP contribution in [0.4, 0.5) is 0 Å². The molecule has 1 aromatic rings. The van der Waals surface area contributed by atoms with Crippen molar-refractivity contribution >= 4 is 28.3 Å². The fourth-order valence-corrected chi connectivity index (χ4v) is 5.28. The summed E-state index contributed by atoms with van der Waals surface area (Å²) in [4.78, 5) is 15.4. The van der Waals surface area contributed by atoms with Crippen LogP contribution in [0.3, 0.4) is 0 Å². The van der Waals surface area contributed by atoms with Crippen molar-refractivity contribution < 1.29 is 17.9 Å². The van der Waals surface area contributed by atoms with Crippen LogP contribution >= 0.6 is 12.4 Å². The van der Waals surface area contributed by atoms with Crippen LogP contribution in [0.1, 0.15) is 42.6 Å². The number of rotatable bonds is 7. The summed E-state index contributed by atoms with van der Waals surface area (Å²) in [5.74, 6) is 0.561. The average molecular weight is 421 g/mol. The lowest BCUT2D eigenvalue weighted by molar-refractivity contribution is 0.0752. The zero-order chi connectivity index (χ0) is 18.7. The summed E-state index contributed by atoms with van der Waals surface area (Å²) < 4.78 is 31.7. The smallest absolute Gasteiger partial charge is 0.267 e. The van der Waals surface area contributed by atoms with E-state index in [4.69, 9.17) is 10.5 Å². The van der Waals surface area contributed by atoms with Crippen molar-refractivity contribution in [2.45, 2.75) is 49.1 Å². The molecule has 1 heterocycles. The van der Waals surface area contributed by atoms with Crippen LogP contribution in [0.25, 0.3) is 0 Å². The minimum absolute atomic E-state index is 0. The number of ether oxygens (including phenoxy) is 1. The molecule has 2 saturated carbocycles. The van der Waals surface area contributed by atoms with Gasteiger partial charge in [-0.05, 0) is 43.6 Å². The molecule has 5 N–H and O–H groups in total. The first kappa shape index (κ1) is 22.2. The first-order valence-electron chi connectivity index (χ1n) is 9.14.